The number of ether oxygens (including phenoxy) is 3. The number of alkyl halides is 3. The lowest BCUT2D eigenvalue weighted by Crippen LogP contribution is -2.41. The predicted octanol–water partition coefficient (Wildman–Crippen LogP) is 3.11. The standard InChI is InChI=1S/C25H27F3N4O6/c1-17-6-8-18(9-7-17)15-29-21-22(31(2)24(35)32(23(21)34)10-12-36-13-11-33)30-16-37-19-4-3-5-20(14-19)38-25(26,27)28/h3-9,14,16,29,33H,10-13,15H2,1-2H3/b30-16+. The summed E-state index contributed by atoms with van der Waals surface area (Å²) in [6.45, 7) is 2.01. The summed E-state index contributed by atoms with van der Waals surface area (Å²) in [7, 11) is 1.41. The van der Waals surface area contributed by atoms with E-state index >= 15 is 0 Å². The number of aromatic nitrogens is 2. The zero-order valence-electron chi connectivity index (χ0n) is 20.7. The van der Waals surface area contributed by atoms with Crippen LogP contribution in [-0.4, -0.2) is 46.8 Å². The van der Waals surface area contributed by atoms with Gasteiger partial charge in [0.15, 0.2) is 12.2 Å². The fraction of sp³-hybridized carbons (Fsp3) is 0.320. The highest BCUT2D eigenvalue weighted by Crippen LogP contribution is 2.26. The maximum atomic E-state index is 13.3. The van der Waals surface area contributed by atoms with E-state index in [4.69, 9.17) is 14.6 Å². The average molecular weight is 537 g/mol. The zero-order valence-corrected chi connectivity index (χ0v) is 20.7. The van der Waals surface area contributed by atoms with Gasteiger partial charge in [-0.05, 0) is 24.6 Å². The molecule has 0 amide bonds. The number of aliphatic hydroxyl groups excluding tert-OH is 1. The van der Waals surface area contributed by atoms with Crippen LogP contribution in [0.25, 0.3) is 0 Å². The SMILES string of the molecule is Cc1ccc(CNc2c(/N=C/Oc3cccc(OC(F)(F)F)c3)n(C)c(=O)n(CCOCCO)c2=O)cc1. The van der Waals surface area contributed by atoms with Crippen molar-refractivity contribution >= 4 is 17.9 Å². The number of hydrogen-bond donors (Lipinski definition) is 2. The van der Waals surface area contributed by atoms with Gasteiger partial charge in [-0.2, -0.15) is 4.99 Å². The van der Waals surface area contributed by atoms with E-state index in [9.17, 15) is 22.8 Å². The molecule has 3 rings (SSSR count). The van der Waals surface area contributed by atoms with Crippen LogP contribution < -0.4 is 26.0 Å². The Balaban J connectivity index is 1.91. The van der Waals surface area contributed by atoms with Gasteiger partial charge in [0, 0.05) is 19.7 Å². The molecule has 0 aliphatic heterocycles. The summed E-state index contributed by atoms with van der Waals surface area (Å²) < 4.78 is 54.0. The molecule has 0 bridgehead atoms. The van der Waals surface area contributed by atoms with Crippen molar-refractivity contribution in [1.82, 2.24) is 9.13 Å². The van der Waals surface area contributed by atoms with Gasteiger partial charge in [0.25, 0.3) is 5.56 Å². The first-order valence-corrected chi connectivity index (χ1v) is 11.5. The molecule has 1 heterocycles. The van der Waals surface area contributed by atoms with E-state index in [1.54, 1.807) is 0 Å². The molecule has 1 aromatic heterocycles. The van der Waals surface area contributed by atoms with Gasteiger partial charge >= 0.3 is 12.1 Å². The van der Waals surface area contributed by atoms with Gasteiger partial charge in [-0.1, -0.05) is 35.9 Å². The molecule has 2 aromatic carbocycles. The lowest BCUT2D eigenvalue weighted by molar-refractivity contribution is -0.274. The molecule has 13 heteroatoms. The van der Waals surface area contributed by atoms with Crippen molar-refractivity contribution < 1.29 is 32.5 Å². The predicted molar refractivity (Wildman–Crippen MR) is 134 cm³/mol. The van der Waals surface area contributed by atoms with Gasteiger partial charge in [0.1, 0.15) is 17.2 Å². The second kappa shape index (κ2) is 12.9. The minimum atomic E-state index is -4.86. The van der Waals surface area contributed by atoms with E-state index in [0.29, 0.717) is 0 Å². The summed E-state index contributed by atoms with van der Waals surface area (Å²) in [6, 6.07) is 12.4. The topological polar surface area (TPSA) is 116 Å². The zero-order chi connectivity index (χ0) is 27.7. The Morgan fingerprint density at radius 3 is 2.47 bits per heavy atom. The number of hydrogen-bond acceptors (Lipinski definition) is 8. The summed E-state index contributed by atoms with van der Waals surface area (Å²) in [4.78, 5) is 30.3. The third-order valence-electron chi connectivity index (χ3n) is 5.21. The highest BCUT2D eigenvalue weighted by molar-refractivity contribution is 5.67. The molecule has 0 radical (unpaired) electrons. The number of nitrogens with zero attached hydrogens (tertiary/aromatic N) is 3. The molecule has 0 atom stereocenters. The minimum Gasteiger partial charge on any atom is -0.446 e. The lowest BCUT2D eigenvalue weighted by atomic mass is 10.1. The Bertz CT molecular complexity index is 1370. The number of benzene rings is 2. The molecule has 3 aromatic rings. The fourth-order valence-electron chi connectivity index (χ4n) is 3.36. The molecule has 0 aliphatic rings. The van der Waals surface area contributed by atoms with Crippen LogP contribution in [-0.2, 0) is 24.9 Å². The number of nitrogens with one attached hydrogen (secondary N) is 1. The van der Waals surface area contributed by atoms with Gasteiger partial charge < -0.3 is 24.6 Å². The smallest absolute Gasteiger partial charge is 0.446 e. The average Bonchev–Trinajstić information content (AvgIpc) is 2.86. The lowest BCUT2D eigenvalue weighted by Gasteiger charge is -2.15. The molecule has 2 N–H and O–H groups in total. The molecular weight excluding hydrogens is 509 g/mol. The Kier molecular flexibility index (Phi) is 9.68. The third kappa shape index (κ3) is 7.95. The molecule has 0 unspecified atom stereocenters. The summed E-state index contributed by atoms with van der Waals surface area (Å²) in [5.41, 5.74) is 0.614. The van der Waals surface area contributed by atoms with Crippen molar-refractivity contribution in [2.24, 2.45) is 12.0 Å². The molecule has 0 fully saturated rings. The van der Waals surface area contributed by atoms with Crippen LogP contribution in [0.15, 0.2) is 63.1 Å². The molecule has 0 saturated carbocycles. The summed E-state index contributed by atoms with van der Waals surface area (Å²) in [6.07, 6.45) is -3.96. The molecule has 0 spiro atoms. The molecule has 204 valence electrons. The first kappa shape index (κ1) is 28.5. The molecule has 0 aliphatic carbocycles. The molecule has 0 saturated heterocycles. The minimum absolute atomic E-state index is 0.00355. The van der Waals surface area contributed by atoms with Gasteiger partial charge in [0.05, 0.1) is 26.4 Å². The van der Waals surface area contributed by atoms with Crippen LogP contribution in [0, 0.1) is 6.92 Å². The van der Waals surface area contributed by atoms with E-state index in [1.807, 2.05) is 31.2 Å². The largest absolute Gasteiger partial charge is 0.573 e. The highest BCUT2D eigenvalue weighted by atomic mass is 19.4. The van der Waals surface area contributed by atoms with Crippen LogP contribution in [0.5, 0.6) is 11.5 Å². The van der Waals surface area contributed by atoms with E-state index in [-0.39, 0.29) is 50.2 Å². The van der Waals surface area contributed by atoms with E-state index in [1.165, 1.54) is 19.2 Å². The van der Waals surface area contributed by atoms with Gasteiger partial charge in [-0.25, -0.2) is 4.79 Å². The number of anilines is 1. The maximum Gasteiger partial charge on any atom is 0.573 e. The Morgan fingerprint density at radius 1 is 1.08 bits per heavy atom. The number of aliphatic imine (C=N–C) groups is 1. The maximum absolute atomic E-state index is 13.3. The summed E-state index contributed by atoms with van der Waals surface area (Å²) >= 11 is 0. The Labute approximate surface area is 215 Å². The highest BCUT2D eigenvalue weighted by Gasteiger charge is 2.31. The fourth-order valence-corrected chi connectivity index (χ4v) is 3.36. The van der Waals surface area contributed by atoms with Crippen molar-refractivity contribution in [3.63, 3.8) is 0 Å². The molecule has 10 nitrogen and oxygen atoms in total. The van der Waals surface area contributed by atoms with E-state index in [2.05, 4.69) is 15.0 Å². The third-order valence-corrected chi connectivity index (χ3v) is 5.21. The summed E-state index contributed by atoms with van der Waals surface area (Å²) in [5, 5.41) is 11.9. The molecular formula is C25H27F3N4O6. The normalized spacial score (nSPS) is 11.6. The number of halogens is 3. The van der Waals surface area contributed by atoms with Crippen LogP contribution in [0.1, 0.15) is 11.1 Å². The molecule has 38 heavy (non-hydrogen) atoms. The summed E-state index contributed by atoms with van der Waals surface area (Å²) in [5.74, 6) is -0.548. The number of aryl methyl sites for hydroxylation is 1. The van der Waals surface area contributed by atoms with Crippen LogP contribution in [0.4, 0.5) is 24.7 Å². The van der Waals surface area contributed by atoms with Crippen LogP contribution >= 0.6 is 0 Å². The van der Waals surface area contributed by atoms with E-state index < -0.39 is 23.4 Å². The van der Waals surface area contributed by atoms with Crippen LogP contribution in [0.2, 0.25) is 0 Å². The van der Waals surface area contributed by atoms with Gasteiger partial charge in [-0.3, -0.25) is 13.9 Å². The first-order valence-electron chi connectivity index (χ1n) is 11.5. The first-order chi connectivity index (χ1) is 18.1. The second-order valence-corrected chi connectivity index (χ2v) is 8.05. The quantitative estimate of drug-likeness (QED) is 0.208. The van der Waals surface area contributed by atoms with E-state index in [0.717, 1.165) is 38.8 Å². The number of rotatable bonds is 12. The van der Waals surface area contributed by atoms with Crippen molar-refractivity contribution in [1.29, 1.82) is 0 Å². The number of aliphatic hydroxyl groups is 1. The van der Waals surface area contributed by atoms with Crippen molar-refractivity contribution in [2.75, 3.05) is 25.1 Å². The van der Waals surface area contributed by atoms with Gasteiger partial charge in [-0.15, -0.1) is 13.2 Å². The Hall–Kier alpha value is -4.10. The van der Waals surface area contributed by atoms with Gasteiger partial charge in [0.2, 0.25) is 0 Å². The van der Waals surface area contributed by atoms with Crippen molar-refractivity contribution in [3.05, 3.63) is 80.5 Å². The van der Waals surface area contributed by atoms with Crippen molar-refractivity contribution in [3.8, 4) is 11.5 Å². The monoisotopic (exact) mass is 536 g/mol. The van der Waals surface area contributed by atoms with Crippen molar-refractivity contribution in [2.45, 2.75) is 26.4 Å². The Morgan fingerprint density at radius 2 is 1.79 bits per heavy atom. The van der Waals surface area contributed by atoms with Crippen LogP contribution in [0.3, 0.4) is 0 Å². The second-order valence-electron chi connectivity index (χ2n) is 8.05.